The molecule has 0 aromatic heterocycles. The van der Waals surface area contributed by atoms with Crippen LogP contribution < -0.4 is 10.6 Å². The second-order valence-corrected chi connectivity index (χ2v) is 4.39. The summed E-state index contributed by atoms with van der Waals surface area (Å²) in [5.74, 6) is 0.0837. The highest BCUT2D eigenvalue weighted by atomic mass is 16.3. The lowest BCUT2D eigenvalue weighted by Crippen LogP contribution is -2.58. The first-order valence-corrected chi connectivity index (χ1v) is 5.85. The second-order valence-electron chi connectivity index (χ2n) is 4.39. The summed E-state index contributed by atoms with van der Waals surface area (Å²) in [5.41, 5.74) is 0. The molecule has 1 unspecified atom stereocenters. The Morgan fingerprint density at radius 2 is 2.33 bits per heavy atom. The van der Waals surface area contributed by atoms with Crippen LogP contribution in [0.25, 0.3) is 0 Å². The van der Waals surface area contributed by atoms with Gasteiger partial charge in [0.05, 0.1) is 12.1 Å². The van der Waals surface area contributed by atoms with Gasteiger partial charge >= 0.3 is 0 Å². The maximum absolute atomic E-state index is 11.6. The maximum Gasteiger partial charge on any atom is 0.237 e. The van der Waals surface area contributed by atoms with Gasteiger partial charge in [-0.25, -0.2) is 0 Å². The van der Waals surface area contributed by atoms with Crippen LogP contribution in [0.15, 0.2) is 0 Å². The van der Waals surface area contributed by atoms with Crippen molar-refractivity contribution < 1.29 is 9.90 Å². The molecule has 0 saturated carbocycles. The summed E-state index contributed by atoms with van der Waals surface area (Å²) in [6, 6.07) is 0.0468. The highest BCUT2D eigenvalue weighted by molar-refractivity contribution is 5.82. The van der Waals surface area contributed by atoms with Crippen LogP contribution in [0.5, 0.6) is 0 Å². The third kappa shape index (κ3) is 4.18. The fourth-order valence-electron chi connectivity index (χ4n) is 1.93. The molecule has 15 heavy (non-hydrogen) atoms. The molecule has 4 nitrogen and oxygen atoms in total. The van der Waals surface area contributed by atoms with E-state index in [0.29, 0.717) is 6.42 Å². The minimum Gasteiger partial charge on any atom is -0.393 e. The maximum atomic E-state index is 11.6. The number of hydrogen-bond donors (Lipinski definition) is 3. The van der Waals surface area contributed by atoms with Crippen LogP contribution in [0, 0.1) is 0 Å². The Kier molecular flexibility index (Phi) is 5.05. The lowest BCUT2D eigenvalue weighted by molar-refractivity contribution is -0.125. The van der Waals surface area contributed by atoms with E-state index in [1.54, 1.807) is 6.92 Å². The normalized spacial score (nSPS) is 28.6. The van der Waals surface area contributed by atoms with E-state index in [0.717, 1.165) is 25.8 Å². The van der Waals surface area contributed by atoms with E-state index in [9.17, 15) is 9.90 Å². The van der Waals surface area contributed by atoms with E-state index >= 15 is 0 Å². The van der Waals surface area contributed by atoms with Crippen molar-refractivity contribution in [1.82, 2.24) is 10.6 Å². The lowest BCUT2D eigenvalue weighted by Gasteiger charge is -2.31. The summed E-state index contributed by atoms with van der Waals surface area (Å²) in [6.07, 6.45) is 3.36. The van der Waals surface area contributed by atoms with E-state index < -0.39 is 0 Å². The van der Waals surface area contributed by atoms with E-state index in [4.69, 9.17) is 0 Å². The molecular weight excluding hydrogens is 192 g/mol. The molecular formula is C11H22N2O2. The van der Waals surface area contributed by atoms with Crippen LogP contribution in [0.4, 0.5) is 0 Å². The SMILES string of the molecule is CCCC[C@@H]1NC[C@H](CC(C)O)NC1=O. The second kappa shape index (κ2) is 6.08. The Hall–Kier alpha value is -0.610. The predicted molar refractivity (Wildman–Crippen MR) is 59.5 cm³/mol. The van der Waals surface area contributed by atoms with Crippen molar-refractivity contribution in [3.63, 3.8) is 0 Å². The first-order valence-electron chi connectivity index (χ1n) is 5.85. The van der Waals surface area contributed by atoms with Crippen LogP contribution in [-0.4, -0.2) is 35.7 Å². The molecule has 1 aliphatic heterocycles. The fraction of sp³-hybridized carbons (Fsp3) is 0.909. The van der Waals surface area contributed by atoms with Gasteiger partial charge in [-0.2, -0.15) is 0 Å². The summed E-state index contributed by atoms with van der Waals surface area (Å²) in [4.78, 5) is 11.6. The average molecular weight is 214 g/mol. The third-order valence-electron chi connectivity index (χ3n) is 2.75. The average Bonchev–Trinajstić information content (AvgIpc) is 2.15. The van der Waals surface area contributed by atoms with Crippen LogP contribution in [0.2, 0.25) is 0 Å². The van der Waals surface area contributed by atoms with Gasteiger partial charge in [0.1, 0.15) is 0 Å². The van der Waals surface area contributed by atoms with Gasteiger partial charge in [0, 0.05) is 12.6 Å². The molecule has 1 saturated heterocycles. The minimum absolute atomic E-state index is 0.0322. The van der Waals surface area contributed by atoms with Crippen molar-refractivity contribution in [2.24, 2.45) is 0 Å². The number of unbranched alkanes of at least 4 members (excludes halogenated alkanes) is 1. The Bertz CT molecular complexity index is 207. The molecule has 0 spiro atoms. The van der Waals surface area contributed by atoms with Crippen LogP contribution in [0.1, 0.15) is 39.5 Å². The molecule has 1 amide bonds. The molecule has 4 heteroatoms. The molecule has 0 aliphatic carbocycles. The van der Waals surface area contributed by atoms with Crippen LogP contribution >= 0.6 is 0 Å². The smallest absolute Gasteiger partial charge is 0.237 e. The molecule has 1 rings (SSSR count). The molecule has 0 aromatic carbocycles. The summed E-state index contributed by atoms with van der Waals surface area (Å²) in [5, 5.41) is 15.4. The number of hydrogen-bond acceptors (Lipinski definition) is 3. The summed E-state index contributed by atoms with van der Waals surface area (Å²) in [7, 11) is 0. The Labute approximate surface area is 91.4 Å². The molecule has 0 aromatic rings. The van der Waals surface area contributed by atoms with Gasteiger partial charge < -0.3 is 15.7 Å². The summed E-state index contributed by atoms with van der Waals surface area (Å²) < 4.78 is 0. The van der Waals surface area contributed by atoms with Gasteiger partial charge in [0.25, 0.3) is 0 Å². The molecule has 1 fully saturated rings. The zero-order chi connectivity index (χ0) is 11.3. The highest BCUT2D eigenvalue weighted by Crippen LogP contribution is 2.07. The van der Waals surface area contributed by atoms with E-state index in [1.807, 2.05) is 0 Å². The van der Waals surface area contributed by atoms with Gasteiger partial charge in [0.2, 0.25) is 5.91 Å². The first-order chi connectivity index (χ1) is 7.13. The number of rotatable bonds is 5. The molecule has 88 valence electrons. The topological polar surface area (TPSA) is 61.4 Å². The quantitative estimate of drug-likeness (QED) is 0.621. The fourth-order valence-corrected chi connectivity index (χ4v) is 1.93. The van der Waals surface area contributed by atoms with E-state index in [1.165, 1.54) is 0 Å². The van der Waals surface area contributed by atoms with Gasteiger partial charge in [-0.3, -0.25) is 4.79 Å². The van der Waals surface area contributed by atoms with E-state index in [-0.39, 0.29) is 24.1 Å². The van der Waals surface area contributed by atoms with Crippen molar-refractivity contribution in [3.05, 3.63) is 0 Å². The van der Waals surface area contributed by atoms with Gasteiger partial charge in [-0.15, -0.1) is 0 Å². The number of aliphatic hydroxyl groups is 1. The Balaban J connectivity index is 2.31. The van der Waals surface area contributed by atoms with Crippen molar-refractivity contribution in [2.75, 3.05) is 6.54 Å². The molecule has 1 aliphatic rings. The monoisotopic (exact) mass is 214 g/mol. The number of carbonyl (C=O) groups excluding carboxylic acids is 1. The Morgan fingerprint density at radius 1 is 1.60 bits per heavy atom. The van der Waals surface area contributed by atoms with Crippen LogP contribution in [-0.2, 0) is 4.79 Å². The van der Waals surface area contributed by atoms with E-state index in [2.05, 4.69) is 17.6 Å². The summed E-state index contributed by atoms with van der Waals surface area (Å²) >= 11 is 0. The third-order valence-corrected chi connectivity index (χ3v) is 2.75. The zero-order valence-electron chi connectivity index (χ0n) is 9.62. The van der Waals surface area contributed by atoms with Gasteiger partial charge in [-0.05, 0) is 19.8 Å². The molecule has 0 bridgehead atoms. The number of piperazine rings is 1. The molecule has 3 N–H and O–H groups in total. The zero-order valence-corrected chi connectivity index (χ0v) is 9.62. The van der Waals surface area contributed by atoms with Crippen molar-refractivity contribution >= 4 is 5.91 Å². The van der Waals surface area contributed by atoms with Crippen molar-refractivity contribution in [3.8, 4) is 0 Å². The highest BCUT2D eigenvalue weighted by Gasteiger charge is 2.27. The Morgan fingerprint density at radius 3 is 2.87 bits per heavy atom. The van der Waals surface area contributed by atoms with Crippen molar-refractivity contribution in [1.29, 1.82) is 0 Å². The number of amides is 1. The largest absolute Gasteiger partial charge is 0.393 e. The summed E-state index contributed by atoms with van der Waals surface area (Å²) in [6.45, 7) is 4.64. The lowest BCUT2D eigenvalue weighted by atomic mass is 10.0. The van der Waals surface area contributed by atoms with Crippen LogP contribution in [0.3, 0.4) is 0 Å². The molecule has 1 heterocycles. The molecule has 0 radical (unpaired) electrons. The van der Waals surface area contributed by atoms with Gasteiger partial charge in [-0.1, -0.05) is 19.8 Å². The molecule has 3 atom stereocenters. The van der Waals surface area contributed by atoms with Gasteiger partial charge in [0.15, 0.2) is 0 Å². The van der Waals surface area contributed by atoms with Crippen molar-refractivity contribution in [2.45, 2.75) is 57.7 Å². The number of aliphatic hydroxyl groups excluding tert-OH is 1. The number of carbonyl (C=O) groups is 1. The predicted octanol–water partition coefficient (Wildman–Crippen LogP) is 0.404. The first kappa shape index (κ1) is 12.5. The standard InChI is InChI=1S/C11H22N2O2/c1-3-4-5-10-11(15)13-9(7-12-10)6-8(2)14/h8-10,12,14H,3-7H2,1-2H3,(H,13,15)/t8?,9-,10-/m0/s1. The minimum atomic E-state index is -0.357. The number of nitrogens with one attached hydrogen (secondary N) is 2.